The number of fused-ring (bicyclic) bond motifs is 1. The topological polar surface area (TPSA) is 77.6 Å². The zero-order chi connectivity index (χ0) is 20.4. The van der Waals surface area contributed by atoms with Gasteiger partial charge in [0, 0.05) is 29.9 Å². The van der Waals surface area contributed by atoms with Crippen LogP contribution in [0.4, 0.5) is 0 Å². The second-order valence-electron chi connectivity index (χ2n) is 6.70. The lowest BCUT2D eigenvalue weighted by Gasteiger charge is -2.05. The molecule has 0 saturated carbocycles. The van der Waals surface area contributed by atoms with E-state index in [9.17, 15) is 4.79 Å². The minimum atomic E-state index is -0.0857. The average Bonchev–Trinajstić information content (AvgIpc) is 3.41. The number of hydrogen-bond acceptors (Lipinski definition) is 5. The number of hydrogen-bond donors (Lipinski definition) is 1. The molecule has 3 heterocycles. The number of thiophene rings is 1. The SMILES string of the molecule is CCn1cnnc1CCNC(=O)c1cc2c(C)nn(Cc3ccccc3Cl)c2s1. The largest absolute Gasteiger partial charge is 0.351 e. The lowest BCUT2D eigenvalue weighted by molar-refractivity contribution is 0.0958. The van der Waals surface area contributed by atoms with E-state index in [1.54, 1.807) is 6.33 Å². The van der Waals surface area contributed by atoms with Gasteiger partial charge in [0.15, 0.2) is 0 Å². The molecule has 9 heteroatoms. The molecule has 0 bridgehead atoms. The highest BCUT2D eigenvalue weighted by Gasteiger charge is 2.17. The van der Waals surface area contributed by atoms with Crippen molar-refractivity contribution >= 4 is 39.1 Å². The molecule has 0 spiro atoms. The minimum absolute atomic E-state index is 0.0857. The number of carbonyl (C=O) groups is 1. The number of benzene rings is 1. The summed E-state index contributed by atoms with van der Waals surface area (Å²) >= 11 is 7.74. The first-order chi connectivity index (χ1) is 14.1. The Balaban J connectivity index is 1.48. The second kappa shape index (κ2) is 8.34. The van der Waals surface area contributed by atoms with Crippen LogP contribution in [0.2, 0.25) is 5.02 Å². The van der Waals surface area contributed by atoms with Crippen molar-refractivity contribution in [1.29, 1.82) is 0 Å². The zero-order valence-electron chi connectivity index (χ0n) is 16.2. The molecule has 4 rings (SSSR count). The molecular weight excluding hydrogens is 408 g/mol. The van der Waals surface area contributed by atoms with Crippen LogP contribution in [0.5, 0.6) is 0 Å². The Labute approximate surface area is 177 Å². The van der Waals surface area contributed by atoms with Crippen molar-refractivity contribution in [1.82, 2.24) is 29.9 Å². The monoisotopic (exact) mass is 428 g/mol. The van der Waals surface area contributed by atoms with Gasteiger partial charge in [-0.3, -0.25) is 9.48 Å². The number of halogens is 1. The Morgan fingerprint density at radius 1 is 1.31 bits per heavy atom. The smallest absolute Gasteiger partial charge is 0.261 e. The van der Waals surface area contributed by atoms with Crippen molar-refractivity contribution in [3.05, 3.63) is 63.6 Å². The maximum Gasteiger partial charge on any atom is 0.261 e. The number of carbonyl (C=O) groups excluding carboxylic acids is 1. The molecule has 0 aliphatic rings. The van der Waals surface area contributed by atoms with E-state index in [2.05, 4.69) is 20.6 Å². The van der Waals surface area contributed by atoms with Crippen molar-refractivity contribution in [3.8, 4) is 0 Å². The number of aryl methyl sites for hydroxylation is 2. The minimum Gasteiger partial charge on any atom is -0.351 e. The van der Waals surface area contributed by atoms with Crippen molar-refractivity contribution in [2.24, 2.45) is 0 Å². The van der Waals surface area contributed by atoms with Crippen molar-refractivity contribution < 1.29 is 4.79 Å². The Hall–Kier alpha value is -2.71. The van der Waals surface area contributed by atoms with Crippen molar-refractivity contribution in [3.63, 3.8) is 0 Å². The summed E-state index contributed by atoms with van der Waals surface area (Å²) in [6.07, 6.45) is 2.35. The van der Waals surface area contributed by atoms with Gasteiger partial charge in [0.25, 0.3) is 5.91 Å². The second-order valence-corrected chi connectivity index (χ2v) is 8.14. The van der Waals surface area contributed by atoms with Gasteiger partial charge in [-0.1, -0.05) is 29.8 Å². The molecule has 1 aromatic carbocycles. The van der Waals surface area contributed by atoms with Gasteiger partial charge in [0.2, 0.25) is 0 Å². The quantitative estimate of drug-likeness (QED) is 0.487. The van der Waals surface area contributed by atoms with E-state index < -0.39 is 0 Å². The highest BCUT2D eigenvalue weighted by molar-refractivity contribution is 7.20. The molecule has 0 radical (unpaired) electrons. The first-order valence-corrected chi connectivity index (χ1v) is 10.6. The van der Waals surface area contributed by atoms with E-state index in [-0.39, 0.29) is 5.91 Å². The van der Waals surface area contributed by atoms with Gasteiger partial charge in [-0.25, -0.2) is 0 Å². The van der Waals surface area contributed by atoms with Gasteiger partial charge in [-0.2, -0.15) is 5.10 Å². The molecule has 3 aromatic heterocycles. The molecule has 0 atom stereocenters. The molecule has 0 saturated heterocycles. The predicted molar refractivity (Wildman–Crippen MR) is 115 cm³/mol. The number of rotatable bonds is 7. The van der Waals surface area contributed by atoms with Crippen molar-refractivity contribution in [2.45, 2.75) is 33.4 Å². The van der Waals surface area contributed by atoms with E-state index in [0.717, 1.165) is 33.8 Å². The Morgan fingerprint density at radius 3 is 2.93 bits per heavy atom. The number of aromatic nitrogens is 5. The summed E-state index contributed by atoms with van der Waals surface area (Å²) < 4.78 is 3.88. The zero-order valence-corrected chi connectivity index (χ0v) is 17.8. The average molecular weight is 429 g/mol. The van der Waals surface area contributed by atoms with Crippen LogP contribution in [0.1, 0.15) is 33.7 Å². The highest BCUT2D eigenvalue weighted by Crippen LogP contribution is 2.29. The molecule has 29 heavy (non-hydrogen) atoms. The summed E-state index contributed by atoms with van der Waals surface area (Å²) in [4.78, 5) is 14.3. The molecule has 1 N–H and O–H groups in total. The third kappa shape index (κ3) is 4.04. The van der Waals surface area contributed by atoms with Crippen LogP contribution < -0.4 is 5.32 Å². The standard InChI is InChI=1S/C20H21ClN6OS/c1-3-26-12-23-24-18(26)8-9-22-19(28)17-10-15-13(2)25-27(20(15)29-17)11-14-6-4-5-7-16(14)21/h4-7,10,12H,3,8-9,11H2,1-2H3,(H,22,28). The lowest BCUT2D eigenvalue weighted by Crippen LogP contribution is -2.25. The predicted octanol–water partition coefficient (Wildman–Crippen LogP) is 3.69. The molecule has 0 aliphatic heterocycles. The van der Waals surface area contributed by atoms with Crippen LogP contribution in [0.3, 0.4) is 0 Å². The van der Waals surface area contributed by atoms with E-state index in [1.807, 2.05) is 53.4 Å². The van der Waals surface area contributed by atoms with Gasteiger partial charge in [-0.15, -0.1) is 21.5 Å². The van der Waals surface area contributed by atoms with E-state index >= 15 is 0 Å². The van der Waals surface area contributed by atoms with Crippen LogP contribution in [0, 0.1) is 6.92 Å². The van der Waals surface area contributed by atoms with Gasteiger partial charge in [0.05, 0.1) is 17.1 Å². The first kappa shape index (κ1) is 19.6. The molecule has 150 valence electrons. The van der Waals surface area contributed by atoms with Crippen LogP contribution in [-0.4, -0.2) is 37.0 Å². The van der Waals surface area contributed by atoms with E-state index in [0.29, 0.717) is 29.4 Å². The summed E-state index contributed by atoms with van der Waals surface area (Å²) in [5.74, 6) is 0.785. The Bertz CT molecular complexity index is 1160. The summed E-state index contributed by atoms with van der Waals surface area (Å²) in [6, 6.07) is 9.64. The van der Waals surface area contributed by atoms with Gasteiger partial charge in [0.1, 0.15) is 17.0 Å². The van der Waals surface area contributed by atoms with Gasteiger partial charge < -0.3 is 9.88 Å². The van der Waals surface area contributed by atoms with Crippen LogP contribution in [0.25, 0.3) is 10.2 Å². The van der Waals surface area contributed by atoms with E-state index in [1.165, 1.54) is 11.3 Å². The molecule has 7 nitrogen and oxygen atoms in total. The molecule has 0 fully saturated rings. The summed E-state index contributed by atoms with van der Waals surface area (Å²) in [5.41, 5.74) is 1.90. The normalized spacial score (nSPS) is 11.3. The Kier molecular flexibility index (Phi) is 5.64. The fraction of sp³-hybridized carbons (Fsp3) is 0.300. The summed E-state index contributed by atoms with van der Waals surface area (Å²) in [5, 5.41) is 17.3. The Morgan fingerprint density at radius 2 is 2.14 bits per heavy atom. The fourth-order valence-corrected chi connectivity index (χ4v) is 4.50. The van der Waals surface area contributed by atoms with Crippen LogP contribution >= 0.6 is 22.9 Å². The molecular formula is C20H21ClN6OS. The van der Waals surface area contributed by atoms with E-state index in [4.69, 9.17) is 11.6 Å². The fourth-order valence-electron chi connectivity index (χ4n) is 3.23. The van der Waals surface area contributed by atoms with Crippen molar-refractivity contribution in [2.75, 3.05) is 6.54 Å². The van der Waals surface area contributed by atoms with Gasteiger partial charge >= 0.3 is 0 Å². The molecule has 1 amide bonds. The number of amides is 1. The first-order valence-electron chi connectivity index (χ1n) is 9.42. The van der Waals surface area contributed by atoms with Crippen LogP contribution in [-0.2, 0) is 19.5 Å². The summed E-state index contributed by atoms with van der Waals surface area (Å²) in [6.45, 7) is 5.89. The highest BCUT2D eigenvalue weighted by atomic mass is 35.5. The molecule has 4 aromatic rings. The van der Waals surface area contributed by atoms with Gasteiger partial charge in [-0.05, 0) is 31.5 Å². The maximum atomic E-state index is 12.6. The maximum absolute atomic E-state index is 12.6. The molecule has 0 unspecified atom stereocenters. The number of nitrogens with zero attached hydrogens (tertiary/aromatic N) is 5. The lowest BCUT2D eigenvalue weighted by atomic mass is 10.2. The summed E-state index contributed by atoms with van der Waals surface area (Å²) in [7, 11) is 0. The number of nitrogens with one attached hydrogen (secondary N) is 1. The van der Waals surface area contributed by atoms with Crippen LogP contribution in [0.15, 0.2) is 36.7 Å². The third-order valence-electron chi connectivity index (χ3n) is 4.78. The molecule has 0 aliphatic carbocycles. The third-order valence-corrected chi connectivity index (χ3v) is 6.30.